The molecule has 0 aliphatic carbocycles. The molecule has 0 saturated heterocycles. The number of carbonyl (C=O) groups is 2. The lowest BCUT2D eigenvalue weighted by atomic mass is 10.1. The molecule has 0 saturated carbocycles. The molecule has 6 heteroatoms. The van der Waals surface area contributed by atoms with Crippen LogP contribution < -0.4 is 9.64 Å². The molecule has 3 rings (SSSR count). The fourth-order valence-electron chi connectivity index (χ4n) is 3.05. The zero-order chi connectivity index (χ0) is 21.3. The molecule has 30 heavy (non-hydrogen) atoms. The summed E-state index contributed by atoms with van der Waals surface area (Å²) in [7, 11) is 0. The van der Waals surface area contributed by atoms with Crippen LogP contribution in [0, 0.1) is 11.3 Å². The molecule has 0 unspecified atom stereocenters. The second kappa shape index (κ2) is 10.1. The first-order chi connectivity index (χ1) is 14.6. The fourth-order valence-corrected chi connectivity index (χ4v) is 3.05. The first-order valence-corrected chi connectivity index (χ1v) is 9.68. The largest absolute Gasteiger partial charge is 0.494 e. The standard InChI is InChI=1S/C24H22N2O4/c1-2-29-22-12-10-21(11-13-22)26(15-5-14-25)23(27)17-30-24(28)20-9-8-18-6-3-4-7-19(18)16-20/h3-4,6-13,16H,2,5,15,17H2,1H3. The van der Waals surface area contributed by atoms with Crippen molar-refractivity contribution in [3.8, 4) is 11.8 Å². The zero-order valence-electron chi connectivity index (χ0n) is 16.7. The van der Waals surface area contributed by atoms with Gasteiger partial charge in [-0.25, -0.2) is 4.79 Å². The molecule has 0 fully saturated rings. The molecule has 0 aliphatic rings. The number of amides is 1. The summed E-state index contributed by atoms with van der Waals surface area (Å²) in [6.45, 7) is 2.23. The van der Waals surface area contributed by atoms with Crippen LogP contribution in [0.25, 0.3) is 10.8 Å². The molecule has 0 atom stereocenters. The Morgan fingerprint density at radius 2 is 1.73 bits per heavy atom. The fraction of sp³-hybridized carbons (Fsp3) is 0.208. The van der Waals surface area contributed by atoms with Gasteiger partial charge >= 0.3 is 5.97 Å². The van der Waals surface area contributed by atoms with Crippen LogP contribution in [0.5, 0.6) is 5.75 Å². The van der Waals surface area contributed by atoms with E-state index in [0.29, 0.717) is 23.6 Å². The first kappa shape index (κ1) is 20.9. The van der Waals surface area contributed by atoms with Crippen LogP contribution in [-0.4, -0.2) is 31.6 Å². The summed E-state index contributed by atoms with van der Waals surface area (Å²) < 4.78 is 10.7. The molecular weight excluding hydrogens is 380 g/mol. The summed E-state index contributed by atoms with van der Waals surface area (Å²) in [6.07, 6.45) is 0.164. The highest BCUT2D eigenvalue weighted by Crippen LogP contribution is 2.21. The Balaban J connectivity index is 1.68. The molecule has 0 bridgehead atoms. The zero-order valence-corrected chi connectivity index (χ0v) is 16.7. The van der Waals surface area contributed by atoms with Gasteiger partial charge in [0.2, 0.25) is 0 Å². The van der Waals surface area contributed by atoms with Crippen LogP contribution in [0.3, 0.4) is 0 Å². The summed E-state index contributed by atoms with van der Waals surface area (Å²) in [4.78, 5) is 26.6. The lowest BCUT2D eigenvalue weighted by Crippen LogP contribution is -2.35. The van der Waals surface area contributed by atoms with Crippen molar-refractivity contribution in [2.45, 2.75) is 13.3 Å². The van der Waals surface area contributed by atoms with Crippen molar-refractivity contribution in [1.82, 2.24) is 0 Å². The number of fused-ring (bicyclic) bond motifs is 1. The lowest BCUT2D eigenvalue weighted by Gasteiger charge is -2.22. The number of hydrogen-bond acceptors (Lipinski definition) is 5. The van der Waals surface area contributed by atoms with Crippen molar-refractivity contribution in [3.63, 3.8) is 0 Å². The van der Waals surface area contributed by atoms with Gasteiger partial charge in [-0.3, -0.25) is 4.79 Å². The molecule has 152 valence electrons. The minimum atomic E-state index is -0.568. The molecule has 0 spiro atoms. The van der Waals surface area contributed by atoms with Crippen molar-refractivity contribution in [2.24, 2.45) is 0 Å². The smallest absolute Gasteiger partial charge is 0.338 e. The quantitative estimate of drug-likeness (QED) is 0.524. The second-order valence-electron chi connectivity index (χ2n) is 6.52. The summed E-state index contributed by atoms with van der Waals surface area (Å²) in [5.41, 5.74) is 0.992. The van der Waals surface area contributed by atoms with Crippen LogP contribution in [0.1, 0.15) is 23.7 Å². The van der Waals surface area contributed by atoms with Crippen molar-refractivity contribution in [1.29, 1.82) is 5.26 Å². The van der Waals surface area contributed by atoms with Gasteiger partial charge in [-0.05, 0) is 54.1 Å². The van der Waals surface area contributed by atoms with Crippen LogP contribution in [0.15, 0.2) is 66.7 Å². The van der Waals surface area contributed by atoms with Gasteiger partial charge in [-0.15, -0.1) is 0 Å². The van der Waals surface area contributed by atoms with Gasteiger partial charge in [0.15, 0.2) is 6.61 Å². The highest BCUT2D eigenvalue weighted by Gasteiger charge is 2.18. The Morgan fingerprint density at radius 3 is 2.43 bits per heavy atom. The Kier molecular flexibility index (Phi) is 7.01. The molecule has 0 radical (unpaired) electrons. The number of hydrogen-bond donors (Lipinski definition) is 0. The van der Waals surface area contributed by atoms with Crippen molar-refractivity contribution >= 4 is 28.3 Å². The van der Waals surface area contributed by atoms with Crippen LogP contribution >= 0.6 is 0 Å². The molecule has 0 aromatic heterocycles. The van der Waals surface area contributed by atoms with E-state index in [0.717, 1.165) is 10.8 Å². The number of nitriles is 1. The van der Waals surface area contributed by atoms with E-state index < -0.39 is 18.5 Å². The minimum absolute atomic E-state index is 0.164. The van der Waals surface area contributed by atoms with Gasteiger partial charge in [-0.2, -0.15) is 5.26 Å². The van der Waals surface area contributed by atoms with Gasteiger partial charge < -0.3 is 14.4 Å². The molecule has 1 amide bonds. The van der Waals surface area contributed by atoms with Crippen molar-refractivity contribution in [2.75, 3.05) is 24.7 Å². The molecule has 0 N–H and O–H groups in total. The topological polar surface area (TPSA) is 79.6 Å². The van der Waals surface area contributed by atoms with E-state index in [1.807, 2.05) is 43.3 Å². The predicted octanol–water partition coefficient (Wildman–Crippen LogP) is 4.34. The predicted molar refractivity (Wildman–Crippen MR) is 114 cm³/mol. The highest BCUT2D eigenvalue weighted by molar-refractivity contribution is 5.99. The number of ether oxygens (including phenoxy) is 2. The van der Waals surface area contributed by atoms with E-state index in [2.05, 4.69) is 0 Å². The molecule has 3 aromatic rings. The lowest BCUT2D eigenvalue weighted by molar-refractivity contribution is -0.121. The van der Waals surface area contributed by atoms with Gasteiger partial charge in [0, 0.05) is 12.2 Å². The van der Waals surface area contributed by atoms with Gasteiger partial charge in [0.25, 0.3) is 5.91 Å². The maximum Gasteiger partial charge on any atom is 0.338 e. The molecule has 0 aliphatic heterocycles. The second-order valence-corrected chi connectivity index (χ2v) is 6.52. The maximum absolute atomic E-state index is 12.7. The Morgan fingerprint density at radius 1 is 1.00 bits per heavy atom. The number of nitrogens with zero attached hydrogens (tertiary/aromatic N) is 2. The average molecular weight is 402 g/mol. The number of esters is 1. The average Bonchev–Trinajstić information content (AvgIpc) is 2.78. The third-order valence-electron chi connectivity index (χ3n) is 4.52. The Labute approximate surface area is 175 Å². The number of anilines is 1. The van der Waals surface area contributed by atoms with Crippen LogP contribution in [-0.2, 0) is 9.53 Å². The van der Waals surface area contributed by atoms with Crippen molar-refractivity contribution < 1.29 is 19.1 Å². The third kappa shape index (κ3) is 5.15. The van der Waals surface area contributed by atoms with Crippen molar-refractivity contribution in [3.05, 3.63) is 72.3 Å². The van der Waals surface area contributed by atoms with Gasteiger partial charge in [0.05, 0.1) is 24.7 Å². The van der Waals surface area contributed by atoms with Crippen LogP contribution in [0.4, 0.5) is 5.69 Å². The van der Waals surface area contributed by atoms with Gasteiger partial charge in [-0.1, -0.05) is 30.3 Å². The summed E-state index contributed by atoms with van der Waals surface area (Å²) in [5.74, 6) is -0.277. The number of rotatable bonds is 8. The van der Waals surface area contributed by atoms with Crippen LogP contribution in [0.2, 0.25) is 0 Å². The molecule has 3 aromatic carbocycles. The summed E-state index contributed by atoms with van der Waals surface area (Å²) >= 11 is 0. The summed E-state index contributed by atoms with van der Waals surface area (Å²) in [6, 6.07) is 22.0. The molecular formula is C24H22N2O4. The summed E-state index contributed by atoms with van der Waals surface area (Å²) in [5, 5.41) is 10.9. The van der Waals surface area contributed by atoms with E-state index in [4.69, 9.17) is 14.7 Å². The van der Waals surface area contributed by atoms with Gasteiger partial charge in [0.1, 0.15) is 5.75 Å². The van der Waals surface area contributed by atoms with E-state index >= 15 is 0 Å². The Bertz CT molecular complexity index is 1070. The monoisotopic (exact) mass is 402 g/mol. The van der Waals surface area contributed by atoms with E-state index in [1.165, 1.54) is 4.90 Å². The minimum Gasteiger partial charge on any atom is -0.494 e. The van der Waals surface area contributed by atoms with E-state index in [-0.39, 0.29) is 13.0 Å². The van der Waals surface area contributed by atoms with E-state index in [9.17, 15) is 9.59 Å². The molecule has 0 heterocycles. The third-order valence-corrected chi connectivity index (χ3v) is 4.52. The van der Waals surface area contributed by atoms with E-state index in [1.54, 1.807) is 36.4 Å². The molecule has 6 nitrogen and oxygen atoms in total. The number of benzene rings is 3. The number of carbonyl (C=O) groups excluding carboxylic acids is 2. The first-order valence-electron chi connectivity index (χ1n) is 9.68. The maximum atomic E-state index is 12.7. The Hall–Kier alpha value is -3.85. The SMILES string of the molecule is CCOc1ccc(N(CCC#N)C(=O)COC(=O)c2ccc3ccccc3c2)cc1. The highest BCUT2D eigenvalue weighted by atomic mass is 16.5. The normalized spacial score (nSPS) is 10.3.